The number of hydrogen-bond acceptors (Lipinski definition) is 8. The first kappa shape index (κ1) is 29.8. The highest BCUT2D eigenvalue weighted by atomic mass is 32.2. The van der Waals surface area contributed by atoms with E-state index in [0.29, 0.717) is 39.3 Å². The van der Waals surface area contributed by atoms with E-state index in [0.717, 1.165) is 38.8 Å². The Balaban J connectivity index is 1.18. The SMILES string of the molecule is CCOc1cc(C2c3sc(=O)[nH]c3SC3C(=O)N(c4ccc(F)cc4)C(=O)C32)ccc1OCC(=O)Nc1cccc2ccccc12. The van der Waals surface area contributed by atoms with E-state index in [1.165, 1.54) is 24.3 Å². The third kappa shape index (κ3) is 5.33. The van der Waals surface area contributed by atoms with Gasteiger partial charge < -0.3 is 19.8 Å². The Labute approximate surface area is 270 Å². The van der Waals surface area contributed by atoms with Gasteiger partial charge in [-0.25, -0.2) is 9.29 Å². The molecule has 0 aliphatic carbocycles. The number of imide groups is 1. The largest absolute Gasteiger partial charge is 0.490 e. The Morgan fingerprint density at radius 3 is 2.52 bits per heavy atom. The molecule has 2 aliphatic heterocycles. The molecule has 232 valence electrons. The van der Waals surface area contributed by atoms with Gasteiger partial charge in [0.15, 0.2) is 18.1 Å². The van der Waals surface area contributed by atoms with E-state index >= 15 is 0 Å². The molecule has 2 N–H and O–H groups in total. The second-order valence-electron chi connectivity index (χ2n) is 10.7. The van der Waals surface area contributed by atoms with Crippen LogP contribution in [-0.4, -0.2) is 41.2 Å². The molecule has 5 aromatic rings. The number of amides is 3. The van der Waals surface area contributed by atoms with Gasteiger partial charge in [-0.1, -0.05) is 65.6 Å². The lowest BCUT2D eigenvalue weighted by Gasteiger charge is -2.30. The maximum Gasteiger partial charge on any atom is 0.305 e. The number of fused-ring (bicyclic) bond motifs is 3. The highest BCUT2D eigenvalue weighted by molar-refractivity contribution is 8.00. The van der Waals surface area contributed by atoms with E-state index < -0.39 is 34.7 Å². The van der Waals surface area contributed by atoms with Gasteiger partial charge in [0.05, 0.1) is 23.2 Å². The summed E-state index contributed by atoms with van der Waals surface area (Å²) >= 11 is 2.15. The number of nitrogens with zero attached hydrogens (tertiary/aromatic N) is 1. The number of carbonyl (C=O) groups is 3. The highest BCUT2D eigenvalue weighted by Gasteiger charge is 2.56. The lowest BCUT2D eigenvalue weighted by molar-refractivity contribution is -0.122. The van der Waals surface area contributed by atoms with Gasteiger partial charge in [-0.3, -0.25) is 19.2 Å². The highest BCUT2D eigenvalue weighted by Crippen LogP contribution is 2.53. The monoisotopic (exact) mass is 655 g/mol. The molecule has 1 fully saturated rings. The van der Waals surface area contributed by atoms with Crippen LogP contribution in [0.4, 0.5) is 15.8 Å². The zero-order valence-corrected chi connectivity index (χ0v) is 26.0. The second kappa shape index (κ2) is 12.1. The summed E-state index contributed by atoms with van der Waals surface area (Å²) in [6, 6.07) is 23.7. The van der Waals surface area contributed by atoms with Crippen molar-refractivity contribution in [1.29, 1.82) is 0 Å². The van der Waals surface area contributed by atoms with Crippen LogP contribution in [-0.2, 0) is 14.4 Å². The van der Waals surface area contributed by atoms with E-state index in [1.54, 1.807) is 18.2 Å². The summed E-state index contributed by atoms with van der Waals surface area (Å²) in [7, 11) is 0. The molecule has 1 aromatic heterocycles. The van der Waals surface area contributed by atoms with Crippen molar-refractivity contribution in [2.45, 2.75) is 23.1 Å². The smallest absolute Gasteiger partial charge is 0.305 e. The summed E-state index contributed by atoms with van der Waals surface area (Å²) < 4.78 is 25.5. The van der Waals surface area contributed by atoms with Gasteiger partial charge in [0.25, 0.3) is 5.91 Å². The van der Waals surface area contributed by atoms with Gasteiger partial charge >= 0.3 is 4.87 Å². The average Bonchev–Trinajstić information content (AvgIpc) is 3.55. The Kier molecular flexibility index (Phi) is 7.83. The molecule has 46 heavy (non-hydrogen) atoms. The first-order valence-electron chi connectivity index (χ1n) is 14.5. The molecule has 3 heterocycles. The van der Waals surface area contributed by atoms with Crippen LogP contribution in [0, 0.1) is 11.7 Å². The minimum atomic E-state index is -0.825. The molecule has 9 nitrogen and oxygen atoms in total. The molecular weight excluding hydrogens is 630 g/mol. The first-order chi connectivity index (χ1) is 22.3. The van der Waals surface area contributed by atoms with Crippen molar-refractivity contribution >= 4 is 63.0 Å². The topological polar surface area (TPSA) is 118 Å². The van der Waals surface area contributed by atoms with Crippen LogP contribution >= 0.6 is 23.1 Å². The van der Waals surface area contributed by atoms with Gasteiger partial charge in [0.1, 0.15) is 11.1 Å². The fourth-order valence-electron chi connectivity index (χ4n) is 5.99. The average molecular weight is 656 g/mol. The summed E-state index contributed by atoms with van der Waals surface area (Å²) in [5, 5.41) is 4.54. The summed E-state index contributed by atoms with van der Waals surface area (Å²) in [6.07, 6.45) is 0. The van der Waals surface area contributed by atoms with Crippen molar-refractivity contribution in [3.63, 3.8) is 0 Å². The number of carbonyl (C=O) groups excluding carboxylic acids is 3. The number of halogens is 1. The normalized spacial score (nSPS) is 18.7. The zero-order valence-electron chi connectivity index (χ0n) is 24.3. The molecular formula is C34H26FN3O6S2. The maximum absolute atomic E-state index is 13.9. The lowest BCUT2D eigenvalue weighted by Crippen LogP contribution is -2.32. The zero-order chi connectivity index (χ0) is 31.9. The number of benzene rings is 4. The number of anilines is 2. The third-order valence-corrected chi connectivity index (χ3v) is 10.4. The Hall–Kier alpha value is -4.94. The van der Waals surface area contributed by atoms with E-state index in [2.05, 4.69) is 10.3 Å². The molecule has 0 radical (unpaired) electrons. The van der Waals surface area contributed by atoms with Crippen LogP contribution < -0.4 is 24.6 Å². The van der Waals surface area contributed by atoms with Gasteiger partial charge in [-0.05, 0) is 60.3 Å². The number of aromatic nitrogens is 1. The van der Waals surface area contributed by atoms with Crippen LogP contribution in [0.1, 0.15) is 23.3 Å². The minimum absolute atomic E-state index is 0.280. The number of nitrogens with one attached hydrogen (secondary N) is 2. The van der Waals surface area contributed by atoms with Crippen molar-refractivity contribution in [1.82, 2.24) is 4.98 Å². The number of H-pyrrole nitrogens is 1. The standard InChI is InChI=1S/C34H26FN3O6S2/c1-2-43-25-16-19(10-15-24(25)44-17-26(39)36-23-9-5-7-18-6-3-4-8-22(18)23)27-28-30(45-31-29(27)46-34(42)37-31)33(41)38(32(28)40)21-13-11-20(35)12-14-21/h3-16,27-28,30H,2,17H2,1H3,(H,36,39)(H,37,42). The fourth-order valence-corrected chi connectivity index (χ4v) is 8.51. The van der Waals surface area contributed by atoms with Crippen molar-refractivity contribution in [2.24, 2.45) is 5.92 Å². The number of thiazole rings is 1. The predicted octanol–water partition coefficient (Wildman–Crippen LogP) is 5.94. The molecule has 0 bridgehead atoms. The van der Waals surface area contributed by atoms with Crippen molar-refractivity contribution in [2.75, 3.05) is 23.4 Å². The Morgan fingerprint density at radius 2 is 1.72 bits per heavy atom. The van der Waals surface area contributed by atoms with Gasteiger partial charge in [-0.2, -0.15) is 0 Å². The molecule has 4 aromatic carbocycles. The minimum Gasteiger partial charge on any atom is -0.490 e. The van der Waals surface area contributed by atoms with E-state index in [4.69, 9.17) is 9.47 Å². The fraction of sp³-hybridized carbons (Fsp3) is 0.176. The second-order valence-corrected chi connectivity index (χ2v) is 12.9. The maximum atomic E-state index is 13.9. The van der Waals surface area contributed by atoms with E-state index in [1.807, 2.05) is 49.4 Å². The molecule has 12 heteroatoms. The van der Waals surface area contributed by atoms with Crippen molar-refractivity contribution in [3.05, 3.63) is 111 Å². The number of thioether (sulfide) groups is 1. The summed E-state index contributed by atoms with van der Waals surface area (Å²) in [5.41, 5.74) is 1.59. The molecule has 0 spiro atoms. The first-order valence-corrected chi connectivity index (χ1v) is 16.2. The van der Waals surface area contributed by atoms with Crippen LogP contribution in [0.2, 0.25) is 0 Å². The third-order valence-electron chi connectivity index (χ3n) is 7.96. The number of rotatable bonds is 8. The van der Waals surface area contributed by atoms with Crippen LogP contribution in [0.25, 0.3) is 10.8 Å². The summed E-state index contributed by atoms with van der Waals surface area (Å²) in [5.74, 6) is -2.50. The van der Waals surface area contributed by atoms with Crippen LogP contribution in [0.3, 0.4) is 0 Å². The molecule has 0 saturated carbocycles. The summed E-state index contributed by atoms with van der Waals surface area (Å²) in [6.45, 7) is 1.83. The number of hydrogen-bond donors (Lipinski definition) is 2. The molecule has 3 unspecified atom stereocenters. The van der Waals surface area contributed by atoms with Gasteiger partial charge in [0, 0.05) is 21.9 Å². The predicted molar refractivity (Wildman–Crippen MR) is 174 cm³/mol. The molecule has 7 rings (SSSR count). The number of ether oxygens (including phenoxy) is 2. The number of aromatic amines is 1. The van der Waals surface area contributed by atoms with Gasteiger partial charge in [-0.15, -0.1) is 0 Å². The molecule has 2 aliphatic rings. The van der Waals surface area contributed by atoms with E-state index in [9.17, 15) is 23.6 Å². The Morgan fingerprint density at radius 1 is 0.935 bits per heavy atom. The lowest BCUT2D eigenvalue weighted by atomic mass is 9.83. The quantitative estimate of drug-likeness (QED) is 0.199. The van der Waals surface area contributed by atoms with Crippen molar-refractivity contribution < 1.29 is 28.2 Å². The summed E-state index contributed by atoms with van der Waals surface area (Å²) in [4.78, 5) is 57.2. The van der Waals surface area contributed by atoms with Crippen LogP contribution in [0.15, 0.2) is 94.7 Å². The molecule has 3 atom stereocenters. The molecule has 3 amide bonds. The van der Waals surface area contributed by atoms with Crippen LogP contribution in [0.5, 0.6) is 11.5 Å². The Bertz CT molecular complexity index is 2060. The van der Waals surface area contributed by atoms with E-state index in [-0.39, 0.29) is 23.1 Å². The van der Waals surface area contributed by atoms with Crippen molar-refractivity contribution in [3.8, 4) is 11.5 Å². The van der Waals surface area contributed by atoms with Gasteiger partial charge in [0.2, 0.25) is 11.8 Å². The molecule has 1 saturated heterocycles.